The molecule has 1 atom stereocenters. The normalized spacial score (nSPS) is 14.2. The van der Waals surface area contributed by atoms with Crippen LogP contribution in [0.5, 0.6) is 0 Å². The van der Waals surface area contributed by atoms with Crippen molar-refractivity contribution < 1.29 is 8.42 Å². The largest absolute Gasteiger partial charge is 0.223 e. The third-order valence-electron chi connectivity index (χ3n) is 2.78. The summed E-state index contributed by atoms with van der Waals surface area (Å²) in [6.45, 7) is 7.56. The van der Waals surface area contributed by atoms with Crippen LogP contribution in [0.2, 0.25) is 0 Å². The molecule has 2 nitrogen and oxygen atoms in total. The van der Waals surface area contributed by atoms with E-state index in [9.17, 15) is 8.42 Å². The van der Waals surface area contributed by atoms with E-state index in [4.69, 9.17) is 0 Å². The van der Waals surface area contributed by atoms with Gasteiger partial charge in [-0.25, -0.2) is 8.42 Å². The molecule has 0 N–H and O–H groups in total. The van der Waals surface area contributed by atoms with Crippen molar-refractivity contribution in [2.45, 2.75) is 37.8 Å². The van der Waals surface area contributed by atoms with Crippen molar-refractivity contribution in [1.82, 2.24) is 0 Å². The second-order valence-electron chi connectivity index (χ2n) is 4.31. The van der Waals surface area contributed by atoms with E-state index in [1.54, 1.807) is 19.1 Å². The average Bonchev–Trinajstić information content (AvgIpc) is 2.17. The number of hydrogen-bond acceptors (Lipinski definition) is 2. The van der Waals surface area contributed by atoms with Crippen molar-refractivity contribution in [2.75, 3.05) is 0 Å². The zero-order valence-electron chi connectivity index (χ0n) is 9.69. The molecule has 0 fully saturated rings. The van der Waals surface area contributed by atoms with E-state index in [1.807, 2.05) is 32.9 Å². The van der Waals surface area contributed by atoms with Gasteiger partial charge in [0.1, 0.15) is 0 Å². The van der Waals surface area contributed by atoms with Crippen molar-refractivity contribution in [3.8, 4) is 0 Å². The summed E-state index contributed by atoms with van der Waals surface area (Å²) in [5.74, 6) is 0.135. The van der Waals surface area contributed by atoms with Gasteiger partial charge in [-0.3, -0.25) is 0 Å². The summed E-state index contributed by atoms with van der Waals surface area (Å²) in [4.78, 5) is 0.425. The maximum Gasteiger partial charge on any atom is 0.181 e. The minimum absolute atomic E-state index is 0.135. The molecule has 84 valence electrons. The van der Waals surface area contributed by atoms with E-state index in [-0.39, 0.29) is 11.2 Å². The Balaban J connectivity index is 3.12. The van der Waals surface area contributed by atoms with Crippen LogP contribution in [0.25, 0.3) is 0 Å². The molecule has 1 unspecified atom stereocenters. The lowest BCUT2D eigenvalue weighted by atomic mass is 10.2. The van der Waals surface area contributed by atoms with E-state index >= 15 is 0 Å². The summed E-state index contributed by atoms with van der Waals surface area (Å²) in [6.07, 6.45) is 0. The van der Waals surface area contributed by atoms with Gasteiger partial charge in [-0.15, -0.1) is 0 Å². The number of rotatable bonds is 3. The zero-order valence-corrected chi connectivity index (χ0v) is 10.5. The van der Waals surface area contributed by atoms with Crippen LogP contribution in [-0.2, 0) is 9.84 Å². The van der Waals surface area contributed by atoms with Gasteiger partial charge in [0.25, 0.3) is 0 Å². The first-order valence-corrected chi connectivity index (χ1v) is 6.71. The Bertz CT molecular complexity index is 415. The average molecular weight is 226 g/mol. The predicted octanol–water partition coefficient (Wildman–Crippen LogP) is 2.81. The van der Waals surface area contributed by atoms with Gasteiger partial charge in [-0.2, -0.15) is 0 Å². The SMILES string of the molecule is Cc1ccc(S(=O)(=O)C(C)C(C)C)cc1. The van der Waals surface area contributed by atoms with E-state index in [2.05, 4.69) is 0 Å². The van der Waals surface area contributed by atoms with Crippen molar-refractivity contribution in [1.29, 1.82) is 0 Å². The molecular weight excluding hydrogens is 208 g/mol. The van der Waals surface area contributed by atoms with Crippen molar-refractivity contribution >= 4 is 9.84 Å². The summed E-state index contributed by atoms with van der Waals surface area (Å²) >= 11 is 0. The highest BCUT2D eigenvalue weighted by Crippen LogP contribution is 2.21. The quantitative estimate of drug-likeness (QED) is 0.794. The highest BCUT2D eigenvalue weighted by molar-refractivity contribution is 7.92. The third-order valence-corrected chi connectivity index (χ3v) is 5.23. The van der Waals surface area contributed by atoms with Gasteiger partial charge in [0.2, 0.25) is 0 Å². The second-order valence-corrected chi connectivity index (χ2v) is 6.61. The van der Waals surface area contributed by atoms with Crippen LogP contribution in [0.15, 0.2) is 29.2 Å². The molecule has 15 heavy (non-hydrogen) atoms. The van der Waals surface area contributed by atoms with Crippen LogP contribution in [-0.4, -0.2) is 13.7 Å². The second kappa shape index (κ2) is 4.35. The molecule has 0 aliphatic carbocycles. The van der Waals surface area contributed by atoms with Gasteiger partial charge in [0.15, 0.2) is 9.84 Å². The number of aryl methyl sites for hydroxylation is 1. The first-order chi connectivity index (χ1) is 6.85. The summed E-state index contributed by atoms with van der Waals surface area (Å²) < 4.78 is 24.2. The Kier molecular flexibility index (Phi) is 3.55. The van der Waals surface area contributed by atoms with Crippen LogP contribution in [0, 0.1) is 12.8 Å². The Morgan fingerprint density at radius 3 is 1.87 bits per heavy atom. The van der Waals surface area contributed by atoms with Crippen LogP contribution >= 0.6 is 0 Å². The first kappa shape index (κ1) is 12.2. The monoisotopic (exact) mass is 226 g/mol. The lowest BCUT2D eigenvalue weighted by molar-refractivity contribution is 0.546. The van der Waals surface area contributed by atoms with Crippen LogP contribution in [0.4, 0.5) is 0 Å². The van der Waals surface area contributed by atoms with Crippen molar-refractivity contribution in [2.24, 2.45) is 5.92 Å². The Morgan fingerprint density at radius 2 is 1.47 bits per heavy atom. The summed E-state index contributed by atoms with van der Waals surface area (Å²) in [5.41, 5.74) is 1.08. The number of sulfone groups is 1. The van der Waals surface area contributed by atoms with Crippen LogP contribution in [0.1, 0.15) is 26.3 Å². The Hall–Kier alpha value is -0.830. The van der Waals surface area contributed by atoms with Gasteiger partial charge < -0.3 is 0 Å². The zero-order chi connectivity index (χ0) is 11.6. The van der Waals surface area contributed by atoms with E-state index in [1.165, 1.54) is 0 Å². The molecule has 0 amide bonds. The van der Waals surface area contributed by atoms with Gasteiger partial charge in [-0.1, -0.05) is 31.5 Å². The lowest BCUT2D eigenvalue weighted by Gasteiger charge is -2.16. The Morgan fingerprint density at radius 1 is 1.00 bits per heavy atom. The fourth-order valence-corrected chi connectivity index (χ4v) is 2.96. The van der Waals surface area contributed by atoms with Gasteiger partial charge >= 0.3 is 0 Å². The number of benzene rings is 1. The third kappa shape index (κ3) is 2.59. The minimum Gasteiger partial charge on any atom is -0.223 e. The van der Waals surface area contributed by atoms with E-state index < -0.39 is 9.84 Å². The highest BCUT2D eigenvalue weighted by atomic mass is 32.2. The molecule has 1 aromatic rings. The van der Waals surface area contributed by atoms with Crippen LogP contribution < -0.4 is 0 Å². The molecular formula is C12H18O2S. The van der Waals surface area contributed by atoms with Crippen LogP contribution in [0.3, 0.4) is 0 Å². The minimum atomic E-state index is -3.16. The van der Waals surface area contributed by atoms with Crippen molar-refractivity contribution in [3.05, 3.63) is 29.8 Å². The molecule has 0 bridgehead atoms. The Labute approximate surface area is 92.2 Å². The summed E-state index contributed by atoms with van der Waals surface area (Å²) in [6, 6.07) is 7.03. The fourth-order valence-electron chi connectivity index (χ4n) is 1.30. The molecule has 0 saturated carbocycles. The maximum atomic E-state index is 12.1. The molecule has 0 saturated heterocycles. The summed E-state index contributed by atoms with van der Waals surface area (Å²) in [5, 5.41) is -0.333. The summed E-state index contributed by atoms with van der Waals surface area (Å²) in [7, 11) is -3.16. The van der Waals surface area contributed by atoms with Crippen molar-refractivity contribution in [3.63, 3.8) is 0 Å². The van der Waals surface area contributed by atoms with Gasteiger partial charge in [-0.05, 0) is 31.9 Å². The lowest BCUT2D eigenvalue weighted by Crippen LogP contribution is -2.23. The maximum absolute atomic E-state index is 12.1. The highest BCUT2D eigenvalue weighted by Gasteiger charge is 2.25. The molecule has 0 radical (unpaired) electrons. The smallest absolute Gasteiger partial charge is 0.181 e. The van der Waals surface area contributed by atoms with E-state index in [0.717, 1.165) is 5.56 Å². The molecule has 0 heterocycles. The molecule has 1 rings (SSSR count). The van der Waals surface area contributed by atoms with Gasteiger partial charge in [0.05, 0.1) is 10.1 Å². The standard InChI is InChI=1S/C12H18O2S/c1-9(2)11(4)15(13,14)12-7-5-10(3)6-8-12/h5-9,11H,1-4H3. The number of hydrogen-bond donors (Lipinski definition) is 0. The van der Waals surface area contributed by atoms with Gasteiger partial charge in [0, 0.05) is 0 Å². The molecule has 0 aliphatic heterocycles. The molecule has 0 aliphatic rings. The molecule has 0 spiro atoms. The fraction of sp³-hybridized carbons (Fsp3) is 0.500. The topological polar surface area (TPSA) is 34.1 Å². The molecule has 1 aromatic carbocycles. The molecule has 0 aromatic heterocycles. The predicted molar refractivity (Wildman–Crippen MR) is 62.7 cm³/mol. The molecule has 3 heteroatoms. The van der Waals surface area contributed by atoms with E-state index in [0.29, 0.717) is 4.90 Å². The first-order valence-electron chi connectivity index (χ1n) is 5.16.